The molecule has 0 radical (unpaired) electrons. The molecule has 3 fully saturated rings. The number of hydrogen-bond donors (Lipinski definition) is 0. The minimum absolute atomic E-state index is 0.0178. The zero-order valence-electron chi connectivity index (χ0n) is 13.4. The monoisotopic (exact) mass is 404 g/mol. The maximum absolute atomic E-state index is 12.8. The topological polar surface area (TPSA) is 66.8 Å². The molecule has 2 heterocycles. The van der Waals surface area contributed by atoms with Crippen LogP contribution in [0.3, 0.4) is 0 Å². The van der Waals surface area contributed by atoms with Crippen molar-refractivity contribution in [3.63, 3.8) is 0 Å². The number of benzene rings is 1. The molecule has 0 bridgehead atoms. The normalized spacial score (nSPS) is 29.2. The first-order valence-corrected chi connectivity index (χ1v) is 10.8. The van der Waals surface area contributed by atoms with Gasteiger partial charge in [0.2, 0.25) is 0 Å². The van der Waals surface area contributed by atoms with Crippen LogP contribution in [0, 0.1) is 5.92 Å². The summed E-state index contributed by atoms with van der Waals surface area (Å²) in [5.41, 5.74) is -0.367. The van der Waals surface area contributed by atoms with Crippen molar-refractivity contribution in [2.75, 3.05) is 16.4 Å². The van der Waals surface area contributed by atoms with Gasteiger partial charge in [-0.15, -0.1) is 0 Å². The van der Waals surface area contributed by atoms with Crippen molar-refractivity contribution >= 4 is 38.4 Å². The number of alkyl halides is 3. The summed E-state index contributed by atoms with van der Waals surface area (Å²) in [6.07, 6.45) is -2.86. The van der Waals surface area contributed by atoms with Gasteiger partial charge < -0.3 is 4.90 Å². The van der Waals surface area contributed by atoms with E-state index in [9.17, 15) is 26.4 Å². The van der Waals surface area contributed by atoms with E-state index in [4.69, 9.17) is 0 Å². The molecular weight excluding hydrogens is 389 g/mol. The summed E-state index contributed by atoms with van der Waals surface area (Å²) in [7, 11) is -3.22. The molecule has 3 aliphatic rings. The van der Waals surface area contributed by atoms with E-state index >= 15 is 0 Å². The Morgan fingerprint density at radius 2 is 1.81 bits per heavy atom. The van der Waals surface area contributed by atoms with Crippen LogP contribution in [-0.2, 0) is 20.8 Å². The van der Waals surface area contributed by atoms with Crippen LogP contribution in [0.1, 0.15) is 18.4 Å². The molecule has 2 saturated heterocycles. The summed E-state index contributed by atoms with van der Waals surface area (Å²) >= 11 is 1.22. The number of thioether (sulfide) groups is 1. The third-order valence-electron chi connectivity index (χ3n) is 4.67. The van der Waals surface area contributed by atoms with Crippen molar-refractivity contribution in [3.05, 3.63) is 29.8 Å². The Bertz CT molecular complexity index is 877. The highest BCUT2D eigenvalue weighted by Crippen LogP contribution is 2.42. The molecule has 1 amide bonds. The van der Waals surface area contributed by atoms with Gasteiger partial charge in [0.1, 0.15) is 0 Å². The Morgan fingerprint density at radius 3 is 2.38 bits per heavy atom. The number of halogens is 3. The number of fused-ring (bicyclic) bond motifs is 1. The summed E-state index contributed by atoms with van der Waals surface area (Å²) in [4.78, 5) is 17.8. The highest BCUT2D eigenvalue weighted by atomic mass is 32.2. The Morgan fingerprint density at radius 1 is 1.15 bits per heavy atom. The highest BCUT2D eigenvalue weighted by Gasteiger charge is 2.49. The SMILES string of the molecule is O=C(N=C1S[C@@H]2CS(=O)(=O)C[C@@H]2N1c1ccc(C(F)(F)F)cc1)C1CC1. The van der Waals surface area contributed by atoms with Gasteiger partial charge in [-0.25, -0.2) is 8.42 Å². The second-order valence-corrected chi connectivity index (χ2v) is 10.1. The zero-order chi connectivity index (χ0) is 18.7. The van der Waals surface area contributed by atoms with E-state index < -0.39 is 27.6 Å². The van der Waals surface area contributed by atoms with Crippen molar-refractivity contribution in [2.24, 2.45) is 10.9 Å². The second kappa shape index (κ2) is 5.98. The van der Waals surface area contributed by atoms with Gasteiger partial charge in [0.15, 0.2) is 15.0 Å². The van der Waals surface area contributed by atoms with E-state index in [1.54, 1.807) is 4.90 Å². The number of aliphatic imine (C=N–C) groups is 1. The van der Waals surface area contributed by atoms with Crippen LogP contribution in [0.15, 0.2) is 29.3 Å². The maximum Gasteiger partial charge on any atom is 0.416 e. The summed E-state index contributed by atoms with van der Waals surface area (Å²) in [5.74, 6) is -0.438. The van der Waals surface area contributed by atoms with Gasteiger partial charge in [0, 0.05) is 16.9 Å². The van der Waals surface area contributed by atoms with Gasteiger partial charge in [-0.2, -0.15) is 18.2 Å². The van der Waals surface area contributed by atoms with Crippen molar-refractivity contribution in [2.45, 2.75) is 30.3 Å². The average molecular weight is 404 g/mol. The van der Waals surface area contributed by atoms with Crippen molar-refractivity contribution in [1.29, 1.82) is 0 Å². The molecule has 10 heteroatoms. The number of amidine groups is 1. The van der Waals surface area contributed by atoms with Gasteiger partial charge in [-0.1, -0.05) is 11.8 Å². The van der Waals surface area contributed by atoms with Crippen molar-refractivity contribution in [1.82, 2.24) is 0 Å². The fourth-order valence-electron chi connectivity index (χ4n) is 3.19. The lowest BCUT2D eigenvalue weighted by Gasteiger charge is -2.24. The summed E-state index contributed by atoms with van der Waals surface area (Å²) < 4.78 is 62.3. The van der Waals surface area contributed by atoms with Crippen LogP contribution in [0.5, 0.6) is 0 Å². The van der Waals surface area contributed by atoms with Crippen LogP contribution < -0.4 is 4.90 Å². The first-order chi connectivity index (χ1) is 12.1. The summed E-state index contributed by atoms with van der Waals surface area (Å²) in [6.45, 7) is 0. The van der Waals surface area contributed by atoms with Crippen LogP contribution in [0.4, 0.5) is 18.9 Å². The molecule has 0 unspecified atom stereocenters. The quantitative estimate of drug-likeness (QED) is 0.758. The van der Waals surface area contributed by atoms with Gasteiger partial charge in [0.05, 0.1) is 23.1 Å². The van der Waals surface area contributed by atoms with E-state index in [1.807, 2.05) is 0 Å². The van der Waals surface area contributed by atoms with Crippen molar-refractivity contribution in [3.8, 4) is 0 Å². The summed E-state index contributed by atoms with van der Waals surface area (Å²) in [5, 5.41) is 0.111. The average Bonchev–Trinajstić information content (AvgIpc) is 3.27. The van der Waals surface area contributed by atoms with Crippen LogP contribution in [0.2, 0.25) is 0 Å². The molecule has 26 heavy (non-hydrogen) atoms. The molecule has 140 valence electrons. The first kappa shape index (κ1) is 17.8. The molecule has 0 N–H and O–H groups in total. The molecule has 2 aliphatic heterocycles. The number of rotatable bonds is 2. The fourth-order valence-corrected chi connectivity index (χ4v) is 7.11. The molecule has 5 nitrogen and oxygen atoms in total. The standard InChI is InChI=1S/C16H15F3N2O3S2/c17-16(18,19)10-3-5-11(6-4-10)21-12-7-26(23,24)8-13(12)25-15(21)20-14(22)9-1-2-9/h3-6,9,12-13H,1-2,7-8H2/t12-,13+/m0/s1. The van der Waals surface area contributed by atoms with Crippen LogP contribution >= 0.6 is 11.8 Å². The second-order valence-electron chi connectivity index (χ2n) is 6.72. The smallest absolute Gasteiger partial charge is 0.316 e. The van der Waals surface area contributed by atoms with Gasteiger partial charge >= 0.3 is 6.18 Å². The largest absolute Gasteiger partial charge is 0.416 e. The Kier molecular flexibility index (Phi) is 4.11. The predicted molar refractivity (Wildman–Crippen MR) is 92.9 cm³/mol. The van der Waals surface area contributed by atoms with Gasteiger partial charge in [-0.3, -0.25) is 4.79 Å². The lowest BCUT2D eigenvalue weighted by atomic mass is 10.1. The number of amides is 1. The molecule has 1 aromatic rings. The van der Waals surface area contributed by atoms with Crippen molar-refractivity contribution < 1.29 is 26.4 Å². The van der Waals surface area contributed by atoms with E-state index in [0.29, 0.717) is 10.9 Å². The minimum Gasteiger partial charge on any atom is -0.316 e. The number of hydrogen-bond acceptors (Lipinski definition) is 4. The molecule has 4 rings (SSSR count). The van der Waals surface area contributed by atoms with Crippen LogP contribution in [0.25, 0.3) is 0 Å². The number of nitrogens with zero attached hydrogens (tertiary/aromatic N) is 2. The molecule has 0 aromatic heterocycles. The first-order valence-electron chi connectivity index (χ1n) is 8.10. The molecule has 1 aliphatic carbocycles. The van der Waals surface area contributed by atoms with E-state index in [2.05, 4.69) is 4.99 Å². The summed E-state index contributed by atoms with van der Waals surface area (Å²) in [6, 6.07) is 4.09. The third-order valence-corrected chi connectivity index (χ3v) is 7.88. The molecule has 2 atom stereocenters. The fraction of sp³-hybridized carbons (Fsp3) is 0.500. The number of carbonyl (C=O) groups excluding carboxylic acids is 1. The third kappa shape index (κ3) is 3.36. The lowest BCUT2D eigenvalue weighted by Crippen LogP contribution is -2.37. The lowest BCUT2D eigenvalue weighted by molar-refractivity contribution is -0.137. The number of anilines is 1. The Labute approximate surface area is 152 Å². The number of carbonyl (C=O) groups is 1. The van der Waals surface area contributed by atoms with Gasteiger partial charge in [0.25, 0.3) is 5.91 Å². The van der Waals surface area contributed by atoms with E-state index in [-0.39, 0.29) is 28.6 Å². The molecule has 1 aromatic carbocycles. The Balaban J connectivity index is 1.69. The highest BCUT2D eigenvalue weighted by molar-refractivity contribution is 8.16. The Hall–Kier alpha value is -1.55. The van der Waals surface area contributed by atoms with E-state index in [0.717, 1.165) is 25.0 Å². The maximum atomic E-state index is 12.8. The predicted octanol–water partition coefficient (Wildman–Crippen LogP) is 2.72. The van der Waals surface area contributed by atoms with Crippen LogP contribution in [-0.4, -0.2) is 42.3 Å². The van der Waals surface area contributed by atoms with Gasteiger partial charge in [-0.05, 0) is 37.1 Å². The molecule has 0 spiro atoms. The zero-order valence-corrected chi connectivity index (χ0v) is 15.1. The van der Waals surface area contributed by atoms with E-state index in [1.165, 1.54) is 23.9 Å². The minimum atomic E-state index is -4.45. The molecule has 1 saturated carbocycles. The number of sulfone groups is 1. The molecular formula is C16H15F3N2O3S2.